The number of fused-ring (bicyclic) bond motifs is 1. The van der Waals surface area contributed by atoms with Crippen molar-refractivity contribution in [2.75, 3.05) is 26.7 Å². The molecule has 8 heteroatoms. The quantitative estimate of drug-likeness (QED) is 0.413. The number of amides is 3. The Morgan fingerprint density at radius 1 is 0.976 bits per heavy atom. The van der Waals surface area contributed by atoms with E-state index in [0.717, 1.165) is 16.7 Å². The van der Waals surface area contributed by atoms with Crippen LogP contribution in [0.3, 0.4) is 0 Å². The van der Waals surface area contributed by atoms with E-state index in [4.69, 9.17) is 16.3 Å². The van der Waals surface area contributed by atoms with Gasteiger partial charge < -0.3 is 20.3 Å². The summed E-state index contributed by atoms with van der Waals surface area (Å²) in [7, 11) is 1.51. The van der Waals surface area contributed by atoms with E-state index in [0.29, 0.717) is 61.7 Å². The SMILES string of the molecule is CCNC(=O)C1(c2ccccc2)CCC(C(=O)N2CCC(NC(=O)c3ccc(Cl)cc3OC)CC2)c2ccccc21. The number of likely N-dealkylation sites (tertiary alicyclic amines) is 1. The van der Waals surface area contributed by atoms with E-state index in [2.05, 4.69) is 10.6 Å². The molecule has 0 radical (unpaired) electrons. The van der Waals surface area contributed by atoms with E-state index in [1.807, 2.05) is 66.4 Å². The second kappa shape index (κ2) is 12.4. The molecule has 3 amide bonds. The Bertz CT molecular complexity index is 1420. The monoisotopic (exact) mass is 573 g/mol. The summed E-state index contributed by atoms with van der Waals surface area (Å²) in [4.78, 5) is 42.5. The minimum atomic E-state index is -0.843. The Hall–Kier alpha value is -3.84. The molecule has 2 N–H and O–H groups in total. The molecular weight excluding hydrogens is 538 g/mol. The number of nitrogens with zero attached hydrogens (tertiary/aromatic N) is 1. The van der Waals surface area contributed by atoms with Gasteiger partial charge in [-0.05, 0) is 67.5 Å². The molecule has 1 aliphatic heterocycles. The highest BCUT2D eigenvalue weighted by Crippen LogP contribution is 2.48. The van der Waals surface area contributed by atoms with Gasteiger partial charge in [-0.1, -0.05) is 66.2 Å². The highest BCUT2D eigenvalue weighted by atomic mass is 35.5. The van der Waals surface area contributed by atoms with E-state index in [9.17, 15) is 14.4 Å². The molecule has 3 aromatic rings. The Labute approximate surface area is 246 Å². The van der Waals surface area contributed by atoms with Crippen molar-refractivity contribution in [1.82, 2.24) is 15.5 Å². The Morgan fingerprint density at radius 2 is 1.68 bits per heavy atom. The summed E-state index contributed by atoms with van der Waals surface area (Å²) in [5.74, 6) is -0.0515. The third-order valence-corrected chi connectivity index (χ3v) is 8.68. The standard InChI is InChI=1S/C33H36ClN3O4/c1-3-35-32(40)33(22-9-5-4-6-10-22)18-15-26(25-11-7-8-12-28(25)33)31(39)37-19-16-24(17-20-37)36-30(38)27-14-13-23(34)21-29(27)41-2/h4-14,21,24,26H,3,15-20H2,1-2H3,(H,35,40)(H,36,38). The summed E-state index contributed by atoms with van der Waals surface area (Å²) < 4.78 is 5.33. The molecule has 1 heterocycles. The number of ether oxygens (including phenoxy) is 1. The topological polar surface area (TPSA) is 87.7 Å². The van der Waals surface area contributed by atoms with E-state index >= 15 is 0 Å². The minimum absolute atomic E-state index is 0.0292. The lowest BCUT2D eigenvalue weighted by Gasteiger charge is -2.42. The molecule has 0 aromatic heterocycles. The highest BCUT2D eigenvalue weighted by Gasteiger charge is 2.48. The maximum Gasteiger partial charge on any atom is 0.255 e. The van der Waals surface area contributed by atoms with Crippen molar-refractivity contribution >= 4 is 29.3 Å². The maximum absolute atomic E-state index is 13.9. The predicted octanol–water partition coefficient (Wildman–Crippen LogP) is 5.07. The molecule has 7 nitrogen and oxygen atoms in total. The Kier molecular flexibility index (Phi) is 8.64. The average Bonchev–Trinajstić information content (AvgIpc) is 3.01. The highest BCUT2D eigenvalue weighted by molar-refractivity contribution is 6.30. The fourth-order valence-electron chi connectivity index (χ4n) is 6.38. The van der Waals surface area contributed by atoms with Gasteiger partial charge in [0.15, 0.2) is 0 Å². The Morgan fingerprint density at radius 3 is 2.39 bits per heavy atom. The smallest absolute Gasteiger partial charge is 0.255 e. The second-order valence-electron chi connectivity index (χ2n) is 10.7. The first kappa shape index (κ1) is 28.7. The van der Waals surface area contributed by atoms with Crippen molar-refractivity contribution in [3.63, 3.8) is 0 Å². The Balaban J connectivity index is 1.32. The second-order valence-corrected chi connectivity index (χ2v) is 11.2. The van der Waals surface area contributed by atoms with Gasteiger partial charge in [-0.15, -0.1) is 0 Å². The van der Waals surface area contributed by atoms with Gasteiger partial charge in [0.25, 0.3) is 5.91 Å². The lowest BCUT2D eigenvalue weighted by atomic mass is 9.62. The van der Waals surface area contributed by atoms with Crippen molar-refractivity contribution in [2.24, 2.45) is 0 Å². The van der Waals surface area contributed by atoms with E-state index in [-0.39, 0.29) is 29.7 Å². The van der Waals surface area contributed by atoms with Gasteiger partial charge in [0.1, 0.15) is 5.75 Å². The van der Waals surface area contributed by atoms with Crippen LogP contribution in [0.4, 0.5) is 0 Å². The molecule has 3 aromatic carbocycles. The molecule has 1 fully saturated rings. The van der Waals surface area contributed by atoms with Gasteiger partial charge in [-0.25, -0.2) is 0 Å². The van der Waals surface area contributed by atoms with Crippen molar-refractivity contribution in [1.29, 1.82) is 0 Å². The molecule has 0 bridgehead atoms. The molecule has 41 heavy (non-hydrogen) atoms. The predicted molar refractivity (Wildman–Crippen MR) is 159 cm³/mol. The van der Waals surface area contributed by atoms with Gasteiger partial charge in [0.05, 0.1) is 24.0 Å². The molecule has 1 aliphatic carbocycles. The number of hydrogen-bond donors (Lipinski definition) is 2. The summed E-state index contributed by atoms with van der Waals surface area (Å²) >= 11 is 6.04. The molecule has 2 aliphatic rings. The molecule has 0 saturated carbocycles. The number of rotatable bonds is 7. The van der Waals surface area contributed by atoms with E-state index in [1.54, 1.807) is 18.2 Å². The first-order valence-corrected chi connectivity index (χ1v) is 14.6. The molecule has 2 atom stereocenters. The molecule has 1 saturated heterocycles. The van der Waals surface area contributed by atoms with Crippen molar-refractivity contribution in [3.05, 3.63) is 100 Å². The van der Waals surface area contributed by atoms with Crippen LogP contribution in [0.5, 0.6) is 5.75 Å². The molecule has 2 unspecified atom stereocenters. The van der Waals surface area contributed by atoms with Crippen LogP contribution in [0, 0.1) is 0 Å². The van der Waals surface area contributed by atoms with Gasteiger partial charge in [-0.2, -0.15) is 0 Å². The maximum atomic E-state index is 13.9. The van der Waals surface area contributed by atoms with Crippen molar-refractivity contribution in [2.45, 2.75) is 50.0 Å². The minimum Gasteiger partial charge on any atom is -0.496 e. The summed E-state index contributed by atoms with van der Waals surface area (Å²) in [5, 5.41) is 6.66. The number of hydrogen-bond acceptors (Lipinski definition) is 4. The summed E-state index contributed by atoms with van der Waals surface area (Å²) in [5.41, 5.74) is 2.36. The number of carbonyl (C=O) groups is 3. The van der Waals surface area contributed by atoms with Gasteiger partial charge in [0, 0.05) is 30.7 Å². The first-order valence-electron chi connectivity index (χ1n) is 14.3. The van der Waals surface area contributed by atoms with Crippen molar-refractivity contribution in [3.8, 4) is 5.75 Å². The molecule has 0 spiro atoms. The fourth-order valence-corrected chi connectivity index (χ4v) is 6.54. The summed E-state index contributed by atoms with van der Waals surface area (Å²) in [6.07, 6.45) is 2.45. The van der Waals surface area contributed by atoms with E-state index < -0.39 is 5.41 Å². The number of benzene rings is 3. The van der Waals surface area contributed by atoms with Crippen LogP contribution in [0.2, 0.25) is 5.02 Å². The third-order valence-electron chi connectivity index (χ3n) is 8.44. The number of carbonyl (C=O) groups excluding carboxylic acids is 3. The normalized spacial score (nSPS) is 20.6. The van der Waals surface area contributed by atoms with Crippen molar-refractivity contribution < 1.29 is 19.1 Å². The lowest BCUT2D eigenvalue weighted by Crippen LogP contribution is -2.51. The van der Waals surface area contributed by atoms with Crippen LogP contribution in [-0.4, -0.2) is 55.4 Å². The largest absolute Gasteiger partial charge is 0.496 e. The third kappa shape index (κ3) is 5.55. The van der Waals surface area contributed by atoms with Gasteiger partial charge in [0.2, 0.25) is 11.8 Å². The number of halogens is 1. The lowest BCUT2D eigenvalue weighted by molar-refractivity contribution is -0.135. The average molecular weight is 574 g/mol. The van der Waals surface area contributed by atoms with Gasteiger partial charge in [-0.3, -0.25) is 14.4 Å². The summed E-state index contributed by atoms with van der Waals surface area (Å²) in [6, 6.07) is 22.7. The number of piperidine rings is 1. The molecule has 214 valence electrons. The summed E-state index contributed by atoms with van der Waals surface area (Å²) in [6.45, 7) is 3.57. The van der Waals surface area contributed by atoms with E-state index in [1.165, 1.54) is 7.11 Å². The van der Waals surface area contributed by atoms with Gasteiger partial charge >= 0.3 is 0 Å². The number of likely N-dealkylation sites (N-methyl/N-ethyl adjacent to an activating group) is 1. The fraction of sp³-hybridized carbons (Fsp3) is 0.364. The zero-order chi connectivity index (χ0) is 29.0. The van der Waals surface area contributed by atoms with Crippen LogP contribution >= 0.6 is 11.6 Å². The van der Waals surface area contributed by atoms with Crippen LogP contribution in [0.1, 0.15) is 65.6 Å². The first-order chi connectivity index (χ1) is 19.9. The zero-order valence-corrected chi connectivity index (χ0v) is 24.2. The molecule has 5 rings (SSSR count). The number of methoxy groups -OCH3 is 1. The zero-order valence-electron chi connectivity index (χ0n) is 23.5. The number of nitrogens with one attached hydrogen (secondary N) is 2. The van der Waals surface area contributed by atoms with Crippen LogP contribution < -0.4 is 15.4 Å². The van der Waals surface area contributed by atoms with Crippen LogP contribution in [-0.2, 0) is 15.0 Å². The van der Waals surface area contributed by atoms with Crippen LogP contribution in [0.25, 0.3) is 0 Å². The van der Waals surface area contributed by atoms with Crippen LogP contribution in [0.15, 0.2) is 72.8 Å². The molecular formula is C33H36ClN3O4.